The van der Waals surface area contributed by atoms with E-state index in [0.717, 1.165) is 17.0 Å². The summed E-state index contributed by atoms with van der Waals surface area (Å²) < 4.78 is 87.8. The molecule has 0 saturated heterocycles. The van der Waals surface area contributed by atoms with Crippen molar-refractivity contribution < 1.29 is 40.3 Å². The number of ether oxygens (including phenoxy) is 1. The van der Waals surface area contributed by atoms with E-state index in [1.54, 1.807) is 12.1 Å². The number of anilines is 2. The summed E-state index contributed by atoms with van der Waals surface area (Å²) in [5.74, 6) is -0.942. The lowest BCUT2D eigenvalue weighted by Crippen LogP contribution is -2.35. The van der Waals surface area contributed by atoms with Crippen LogP contribution in [0.15, 0.2) is 53.1 Å². The Bertz CT molecular complexity index is 1120. The molecule has 176 valence electrons. The fourth-order valence-corrected chi connectivity index (χ4v) is 3.51. The molecule has 2 atom stereocenters. The Morgan fingerprint density at radius 1 is 1.18 bits per heavy atom. The van der Waals surface area contributed by atoms with Crippen LogP contribution in [-0.2, 0) is 0 Å². The maximum atomic E-state index is 13.7. The predicted octanol–water partition coefficient (Wildman–Crippen LogP) is 5.31. The molecule has 4 rings (SSSR count). The zero-order chi connectivity index (χ0) is 24.0. The lowest BCUT2D eigenvalue weighted by atomic mass is 10.0. The van der Waals surface area contributed by atoms with Crippen molar-refractivity contribution in [1.29, 1.82) is 0 Å². The summed E-state index contributed by atoms with van der Waals surface area (Å²) >= 11 is 0. The number of hydrogen-bond acceptors (Lipinski definition) is 5. The van der Waals surface area contributed by atoms with Crippen molar-refractivity contribution in [2.24, 2.45) is 0 Å². The topological polar surface area (TPSA) is 72.5 Å². The molecule has 0 unspecified atom stereocenters. The van der Waals surface area contributed by atoms with Gasteiger partial charge in [-0.15, -0.1) is 13.2 Å². The molecule has 1 aliphatic heterocycles. The van der Waals surface area contributed by atoms with Gasteiger partial charge in [0.25, 0.3) is 5.91 Å². The number of halogens is 6. The van der Waals surface area contributed by atoms with E-state index >= 15 is 0 Å². The van der Waals surface area contributed by atoms with Gasteiger partial charge in [0.05, 0.1) is 12.3 Å². The molecule has 7 nitrogen and oxygen atoms in total. The minimum absolute atomic E-state index is 0.0179. The first-order valence-corrected chi connectivity index (χ1v) is 9.52. The zero-order valence-electron chi connectivity index (χ0n) is 16.8. The van der Waals surface area contributed by atoms with Crippen molar-refractivity contribution in [3.05, 3.63) is 60.2 Å². The molecule has 1 aromatic carbocycles. The molecule has 0 bridgehead atoms. The highest BCUT2D eigenvalue weighted by molar-refractivity contribution is 6.04. The van der Waals surface area contributed by atoms with Crippen molar-refractivity contribution >= 4 is 17.4 Å². The molecule has 1 N–H and O–H groups in total. The fourth-order valence-electron chi connectivity index (χ4n) is 3.51. The Labute approximate surface area is 182 Å². The molecule has 1 aliphatic rings. The molecule has 0 aliphatic carbocycles. The van der Waals surface area contributed by atoms with Gasteiger partial charge in [-0.1, -0.05) is 0 Å². The van der Waals surface area contributed by atoms with E-state index in [1.807, 2.05) is 0 Å². The van der Waals surface area contributed by atoms with Crippen LogP contribution >= 0.6 is 0 Å². The summed E-state index contributed by atoms with van der Waals surface area (Å²) in [6.07, 6.45) is -8.54. The highest BCUT2D eigenvalue weighted by Gasteiger charge is 2.47. The highest BCUT2D eigenvalue weighted by Crippen LogP contribution is 2.43. The number of nitrogens with one attached hydrogen (secondary N) is 1. The Kier molecular flexibility index (Phi) is 5.50. The summed E-state index contributed by atoms with van der Waals surface area (Å²) in [4.78, 5) is 13.9. The van der Waals surface area contributed by atoms with Crippen LogP contribution in [0.2, 0.25) is 0 Å². The molecule has 0 spiro atoms. The van der Waals surface area contributed by atoms with Gasteiger partial charge in [0.15, 0.2) is 11.7 Å². The van der Waals surface area contributed by atoms with E-state index in [0.29, 0.717) is 10.4 Å². The Balaban J connectivity index is 1.58. The minimum Gasteiger partial charge on any atom is -0.467 e. The van der Waals surface area contributed by atoms with Gasteiger partial charge in [0.1, 0.15) is 17.3 Å². The largest absolute Gasteiger partial charge is 0.573 e. The summed E-state index contributed by atoms with van der Waals surface area (Å²) in [6.45, 7) is 0. The normalized spacial score (nSPS) is 18.4. The van der Waals surface area contributed by atoms with Crippen molar-refractivity contribution in [3.8, 4) is 5.75 Å². The second-order valence-corrected chi connectivity index (χ2v) is 7.27. The van der Waals surface area contributed by atoms with E-state index in [-0.39, 0.29) is 17.2 Å². The SMILES string of the molecule is CN(C(=O)c1cc2n(n1)[C@@H](C(F)(F)F)C[C@H](c1ccco1)N2)c1ccc(OC(F)(F)F)cc1. The summed E-state index contributed by atoms with van der Waals surface area (Å²) in [5.41, 5.74) is -0.0840. The quantitative estimate of drug-likeness (QED) is 0.519. The van der Waals surface area contributed by atoms with Crippen molar-refractivity contribution in [2.45, 2.75) is 31.0 Å². The van der Waals surface area contributed by atoms with Crippen LogP contribution in [0.4, 0.5) is 37.8 Å². The third-order valence-electron chi connectivity index (χ3n) is 5.06. The Hall–Kier alpha value is -3.64. The van der Waals surface area contributed by atoms with E-state index in [4.69, 9.17) is 4.42 Å². The maximum Gasteiger partial charge on any atom is 0.573 e. The third-order valence-corrected chi connectivity index (χ3v) is 5.06. The van der Waals surface area contributed by atoms with Crippen molar-refractivity contribution in [1.82, 2.24) is 9.78 Å². The van der Waals surface area contributed by atoms with Crippen LogP contribution in [0.5, 0.6) is 5.75 Å². The highest BCUT2D eigenvalue weighted by atomic mass is 19.4. The first kappa shape index (κ1) is 22.6. The number of benzene rings is 1. The second-order valence-electron chi connectivity index (χ2n) is 7.27. The molecule has 3 heterocycles. The summed E-state index contributed by atoms with van der Waals surface area (Å²) in [5, 5.41) is 6.76. The lowest BCUT2D eigenvalue weighted by Gasteiger charge is -2.32. The Morgan fingerprint density at radius 3 is 2.45 bits per heavy atom. The molecular weight excluding hydrogens is 458 g/mol. The van der Waals surface area contributed by atoms with Gasteiger partial charge in [0.2, 0.25) is 0 Å². The van der Waals surface area contributed by atoms with Crippen LogP contribution in [0.1, 0.15) is 34.8 Å². The molecular formula is C20H16F6N4O3. The van der Waals surface area contributed by atoms with Gasteiger partial charge < -0.3 is 19.4 Å². The second kappa shape index (κ2) is 8.05. The average Bonchev–Trinajstić information content (AvgIpc) is 3.40. The molecule has 0 radical (unpaired) electrons. The van der Waals surface area contributed by atoms with E-state index < -0.39 is 42.7 Å². The first-order valence-electron chi connectivity index (χ1n) is 9.52. The van der Waals surface area contributed by atoms with E-state index in [9.17, 15) is 31.1 Å². The molecule has 33 heavy (non-hydrogen) atoms. The summed E-state index contributed by atoms with van der Waals surface area (Å²) in [7, 11) is 1.32. The van der Waals surface area contributed by atoms with E-state index in [1.165, 1.54) is 31.5 Å². The number of hydrogen-bond donors (Lipinski definition) is 1. The van der Waals surface area contributed by atoms with Crippen LogP contribution < -0.4 is 15.0 Å². The number of fused-ring (bicyclic) bond motifs is 1. The minimum atomic E-state index is -4.87. The van der Waals surface area contributed by atoms with Gasteiger partial charge in [0, 0.05) is 25.2 Å². The molecule has 0 fully saturated rings. The number of nitrogens with zero attached hydrogens (tertiary/aromatic N) is 3. The van der Waals surface area contributed by atoms with Crippen LogP contribution in [0, 0.1) is 0 Å². The number of carbonyl (C=O) groups excluding carboxylic acids is 1. The first-order chi connectivity index (χ1) is 15.4. The van der Waals surface area contributed by atoms with Crippen LogP contribution in [0.3, 0.4) is 0 Å². The van der Waals surface area contributed by atoms with Crippen molar-refractivity contribution in [2.75, 3.05) is 17.3 Å². The molecule has 0 saturated carbocycles. The smallest absolute Gasteiger partial charge is 0.467 e. The standard InChI is InChI=1S/C20H16F6N4O3/c1-29(11-4-6-12(7-5-11)33-20(24,25)26)18(31)14-10-17-27-13(15-3-2-8-32-15)9-16(19(21,22)23)30(17)28-14/h2-8,10,13,16,27H,9H2,1H3/t13-,16-/m1/s1. The monoisotopic (exact) mass is 474 g/mol. The molecule has 13 heteroatoms. The van der Waals surface area contributed by atoms with Gasteiger partial charge in [-0.2, -0.15) is 18.3 Å². The zero-order valence-corrected chi connectivity index (χ0v) is 16.8. The number of furan rings is 1. The molecule has 1 amide bonds. The number of aromatic nitrogens is 2. The van der Waals surface area contributed by atoms with Gasteiger partial charge in [-0.05, 0) is 36.4 Å². The number of alkyl halides is 6. The van der Waals surface area contributed by atoms with Gasteiger partial charge in [-0.3, -0.25) is 4.79 Å². The number of rotatable bonds is 4. The third kappa shape index (κ3) is 4.76. The number of amides is 1. The van der Waals surface area contributed by atoms with Crippen LogP contribution in [0.25, 0.3) is 0 Å². The average molecular weight is 474 g/mol. The van der Waals surface area contributed by atoms with Gasteiger partial charge in [-0.25, -0.2) is 4.68 Å². The fraction of sp³-hybridized carbons (Fsp3) is 0.300. The molecule has 3 aromatic rings. The maximum absolute atomic E-state index is 13.7. The van der Waals surface area contributed by atoms with Gasteiger partial charge >= 0.3 is 12.5 Å². The predicted molar refractivity (Wildman–Crippen MR) is 103 cm³/mol. The Morgan fingerprint density at radius 2 is 1.88 bits per heavy atom. The lowest BCUT2D eigenvalue weighted by molar-refractivity contribution is -0.274. The van der Waals surface area contributed by atoms with E-state index in [2.05, 4.69) is 15.2 Å². The van der Waals surface area contributed by atoms with Crippen molar-refractivity contribution in [3.63, 3.8) is 0 Å². The summed E-state index contributed by atoms with van der Waals surface area (Å²) in [6, 6.07) is 5.96. The number of carbonyl (C=O) groups is 1. The van der Waals surface area contributed by atoms with Crippen LogP contribution in [-0.4, -0.2) is 35.3 Å². The molecule has 2 aromatic heterocycles.